The highest BCUT2D eigenvalue weighted by molar-refractivity contribution is 7.91. The van der Waals surface area contributed by atoms with Crippen LogP contribution in [0, 0.1) is 0 Å². The zero-order valence-electron chi connectivity index (χ0n) is 12.1. The molecule has 0 N–H and O–H groups in total. The van der Waals surface area contributed by atoms with Crippen molar-refractivity contribution in [3.8, 4) is 5.75 Å². The summed E-state index contributed by atoms with van der Waals surface area (Å²) in [6.07, 6.45) is -0.150. The lowest BCUT2D eigenvalue weighted by Gasteiger charge is -2.28. The quantitative estimate of drug-likeness (QED) is 0.848. The van der Waals surface area contributed by atoms with Crippen molar-refractivity contribution in [1.82, 2.24) is 0 Å². The first-order valence-corrected chi connectivity index (χ1v) is 8.60. The minimum atomic E-state index is -3.11. The first kappa shape index (κ1) is 15.6. The number of para-hydroxylation sites is 2. The molecule has 7 heteroatoms. The van der Waals surface area contributed by atoms with Crippen molar-refractivity contribution >= 4 is 21.6 Å². The van der Waals surface area contributed by atoms with E-state index in [1.165, 1.54) is 12.0 Å². The van der Waals surface area contributed by atoms with Crippen LogP contribution in [0.2, 0.25) is 0 Å². The second kappa shape index (κ2) is 6.34. The third-order valence-electron chi connectivity index (χ3n) is 3.38. The average molecular weight is 313 g/mol. The van der Waals surface area contributed by atoms with Gasteiger partial charge in [-0.05, 0) is 25.5 Å². The smallest absolute Gasteiger partial charge is 0.414 e. The molecule has 0 saturated carbocycles. The number of benzene rings is 1. The summed E-state index contributed by atoms with van der Waals surface area (Å²) in [6.45, 7) is 1.94. The first-order chi connectivity index (χ1) is 9.98. The number of carbonyl (C=O) groups is 1. The maximum atomic E-state index is 12.3. The van der Waals surface area contributed by atoms with Gasteiger partial charge in [0.2, 0.25) is 0 Å². The van der Waals surface area contributed by atoms with Crippen LogP contribution in [0.3, 0.4) is 0 Å². The van der Waals surface area contributed by atoms with E-state index in [1.54, 1.807) is 31.2 Å². The van der Waals surface area contributed by atoms with Crippen molar-refractivity contribution in [2.45, 2.75) is 19.4 Å². The molecule has 1 aliphatic rings. The third-order valence-corrected chi connectivity index (χ3v) is 5.13. The van der Waals surface area contributed by atoms with Gasteiger partial charge in [-0.3, -0.25) is 4.90 Å². The van der Waals surface area contributed by atoms with Gasteiger partial charge in [0.1, 0.15) is 5.75 Å². The number of methoxy groups -OCH3 is 1. The van der Waals surface area contributed by atoms with E-state index in [0.29, 0.717) is 17.9 Å². The van der Waals surface area contributed by atoms with Gasteiger partial charge in [-0.1, -0.05) is 12.1 Å². The lowest BCUT2D eigenvalue weighted by Crippen LogP contribution is -2.42. The number of rotatable bonds is 4. The van der Waals surface area contributed by atoms with Crippen LogP contribution >= 0.6 is 0 Å². The summed E-state index contributed by atoms with van der Waals surface area (Å²) in [7, 11) is -1.60. The van der Waals surface area contributed by atoms with Crippen molar-refractivity contribution in [2.75, 3.05) is 30.1 Å². The molecule has 0 radical (unpaired) electrons. The predicted octanol–water partition coefficient (Wildman–Crippen LogP) is 1.85. The second-order valence-electron chi connectivity index (χ2n) is 4.80. The normalized spacial score (nSPS) is 20.0. The van der Waals surface area contributed by atoms with Crippen molar-refractivity contribution < 1.29 is 22.7 Å². The SMILES string of the molecule is CCOC(=O)N(c1ccccc1OC)C1CCS(=O)(=O)C1. The Kier molecular flexibility index (Phi) is 4.72. The Morgan fingerprint density at radius 1 is 1.38 bits per heavy atom. The van der Waals surface area contributed by atoms with Crippen LogP contribution in [-0.2, 0) is 14.6 Å². The molecular weight excluding hydrogens is 294 g/mol. The molecule has 0 aromatic heterocycles. The Bertz CT molecular complexity index is 614. The summed E-state index contributed by atoms with van der Waals surface area (Å²) in [5, 5.41) is 0. The third kappa shape index (κ3) is 3.47. The van der Waals surface area contributed by atoms with Crippen LogP contribution in [-0.4, -0.2) is 45.8 Å². The number of ether oxygens (including phenoxy) is 2. The monoisotopic (exact) mass is 313 g/mol. The zero-order valence-corrected chi connectivity index (χ0v) is 12.9. The fraction of sp³-hybridized carbons (Fsp3) is 0.500. The molecule has 0 spiro atoms. The Morgan fingerprint density at radius 2 is 2.10 bits per heavy atom. The molecule has 1 aliphatic heterocycles. The first-order valence-electron chi connectivity index (χ1n) is 6.78. The molecule has 1 unspecified atom stereocenters. The molecular formula is C14H19NO5S. The van der Waals surface area contributed by atoms with Crippen LogP contribution in [0.4, 0.5) is 10.5 Å². The van der Waals surface area contributed by atoms with E-state index in [1.807, 2.05) is 0 Å². The van der Waals surface area contributed by atoms with Crippen LogP contribution in [0.5, 0.6) is 5.75 Å². The van der Waals surface area contributed by atoms with Gasteiger partial charge in [-0.2, -0.15) is 0 Å². The summed E-state index contributed by atoms with van der Waals surface area (Å²) in [5.74, 6) is 0.543. The van der Waals surface area contributed by atoms with Crippen molar-refractivity contribution in [3.05, 3.63) is 24.3 Å². The van der Waals surface area contributed by atoms with E-state index in [2.05, 4.69) is 0 Å². The van der Waals surface area contributed by atoms with Gasteiger partial charge < -0.3 is 9.47 Å². The van der Waals surface area contributed by atoms with E-state index in [9.17, 15) is 13.2 Å². The van der Waals surface area contributed by atoms with E-state index in [-0.39, 0.29) is 18.1 Å². The Hall–Kier alpha value is -1.76. The van der Waals surface area contributed by atoms with Gasteiger partial charge >= 0.3 is 6.09 Å². The van der Waals surface area contributed by atoms with E-state index in [4.69, 9.17) is 9.47 Å². The fourth-order valence-corrected chi connectivity index (χ4v) is 4.14. The molecule has 2 rings (SSSR count). The van der Waals surface area contributed by atoms with Gasteiger partial charge in [-0.15, -0.1) is 0 Å². The Labute approximate surface area is 124 Å². The molecule has 1 fully saturated rings. The maximum Gasteiger partial charge on any atom is 0.414 e. The van der Waals surface area contributed by atoms with Gasteiger partial charge in [0.05, 0.1) is 37.0 Å². The van der Waals surface area contributed by atoms with Crippen molar-refractivity contribution in [2.24, 2.45) is 0 Å². The lowest BCUT2D eigenvalue weighted by atomic mass is 10.2. The summed E-state index contributed by atoms with van der Waals surface area (Å²) < 4.78 is 33.7. The number of hydrogen-bond acceptors (Lipinski definition) is 5. The second-order valence-corrected chi connectivity index (χ2v) is 7.03. The summed E-state index contributed by atoms with van der Waals surface area (Å²) in [5.41, 5.74) is 0.528. The van der Waals surface area contributed by atoms with Gasteiger partial charge in [0, 0.05) is 0 Å². The minimum absolute atomic E-state index is 0.0517. The largest absolute Gasteiger partial charge is 0.495 e. The van der Waals surface area contributed by atoms with Crippen LogP contribution in [0.25, 0.3) is 0 Å². The highest BCUT2D eigenvalue weighted by atomic mass is 32.2. The summed E-state index contributed by atoms with van der Waals surface area (Å²) in [4.78, 5) is 13.7. The van der Waals surface area contributed by atoms with Crippen LogP contribution < -0.4 is 9.64 Å². The highest BCUT2D eigenvalue weighted by Crippen LogP contribution is 2.32. The predicted molar refractivity (Wildman–Crippen MR) is 79.6 cm³/mol. The molecule has 6 nitrogen and oxygen atoms in total. The number of anilines is 1. The molecule has 116 valence electrons. The van der Waals surface area contributed by atoms with E-state index >= 15 is 0 Å². The molecule has 0 bridgehead atoms. The fourth-order valence-electron chi connectivity index (χ4n) is 2.44. The zero-order chi connectivity index (χ0) is 15.5. The lowest BCUT2D eigenvalue weighted by molar-refractivity contribution is 0.157. The number of nitrogens with zero attached hydrogens (tertiary/aromatic N) is 1. The molecule has 1 saturated heterocycles. The minimum Gasteiger partial charge on any atom is -0.495 e. The average Bonchev–Trinajstić information content (AvgIpc) is 2.80. The molecule has 1 aromatic carbocycles. The number of hydrogen-bond donors (Lipinski definition) is 0. The van der Waals surface area contributed by atoms with Crippen molar-refractivity contribution in [1.29, 1.82) is 0 Å². The van der Waals surface area contributed by atoms with Gasteiger partial charge in [-0.25, -0.2) is 13.2 Å². The Morgan fingerprint density at radius 3 is 2.67 bits per heavy atom. The summed E-state index contributed by atoms with van der Waals surface area (Å²) in [6, 6.07) is 6.58. The molecule has 1 aromatic rings. The van der Waals surface area contributed by atoms with E-state index in [0.717, 1.165) is 0 Å². The van der Waals surface area contributed by atoms with Crippen LogP contribution in [0.15, 0.2) is 24.3 Å². The summed E-state index contributed by atoms with van der Waals surface area (Å²) >= 11 is 0. The van der Waals surface area contributed by atoms with E-state index < -0.39 is 22.0 Å². The maximum absolute atomic E-state index is 12.3. The number of sulfone groups is 1. The van der Waals surface area contributed by atoms with Gasteiger partial charge in [0.15, 0.2) is 9.84 Å². The molecule has 1 amide bonds. The molecule has 1 heterocycles. The van der Waals surface area contributed by atoms with Gasteiger partial charge in [0.25, 0.3) is 0 Å². The molecule has 1 atom stereocenters. The molecule has 21 heavy (non-hydrogen) atoms. The van der Waals surface area contributed by atoms with Crippen LogP contribution in [0.1, 0.15) is 13.3 Å². The van der Waals surface area contributed by atoms with Crippen molar-refractivity contribution in [3.63, 3.8) is 0 Å². The number of carbonyl (C=O) groups excluding carboxylic acids is 1. The molecule has 0 aliphatic carbocycles. The topological polar surface area (TPSA) is 72.9 Å². The highest BCUT2D eigenvalue weighted by Gasteiger charge is 2.37. The number of amides is 1. The Balaban J connectivity index is 2.39. The standard InChI is InChI=1S/C14H19NO5S/c1-3-20-14(16)15(11-8-9-21(17,18)10-11)12-6-4-5-7-13(12)19-2/h4-7,11H,3,8-10H2,1-2H3.